The lowest BCUT2D eigenvalue weighted by atomic mass is 10.2. The van der Waals surface area contributed by atoms with Gasteiger partial charge in [0.2, 0.25) is 0 Å². The van der Waals surface area contributed by atoms with Crippen molar-refractivity contribution in [2.75, 3.05) is 0 Å². The minimum Gasteiger partial charge on any atom is -0.460 e. The van der Waals surface area contributed by atoms with Gasteiger partial charge in [0.1, 0.15) is 18.1 Å². The zero-order valence-electron chi connectivity index (χ0n) is 10.3. The number of ether oxygens (including phenoxy) is 2. The van der Waals surface area contributed by atoms with Crippen molar-refractivity contribution in [3.63, 3.8) is 0 Å². The Kier molecular flexibility index (Phi) is 4.28. The molecular formula is C12H18O5. The summed E-state index contributed by atoms with van der Waals surface area (Å²) in [6.07, 6.45) is 2.09. The van der Waals surface area contributed by atoms with Crippen LogP contribution in [0.3, 0.4) is 0 Å². The van der Waals surface area contributed by atoms with E-state index in [1.54, 1.807) is 32.9 Å². The molecule has 96 valence electrons. The minimum atomic E-state index is -0.636. The summed E-state index contributed by atoms with van der Waals surface area (Å²) in [7, 11) is 0. The Morgan fingerprint density at radius 3 is 2.41 bits per heavy atom. The lowest BCUT2D eigenvalue weighted by Crippen LogP contribution is -2.27. The average molecular weight is 242 g/mol. The van der Waals surface area contributed by atoms with Crippen molar-refractivity contribution < 1.29 is 24.2 Å². The van der Waals surface area contributed by atoms with Gasteiger partial charge in [0.05, 0.1) is 6.10 Å². The third kappa shape index (κ3) is 5.49. The van der Waals surface area contributed by atoms with Gasteiger partial charge in [0.15, 0.2) is 0 Å². The molecule has 0 aromatic carbocycles. The largest absolute Gasteiger partial charge is 0.460 e. The first-order chi connectivity index (χ1) is 7.76. The Morgan fingerprint density at radius 1 is 1.29 bits per heavy atom. The molecule has 5 nitrogen and oxygen atoms in total. The number of hydrogen-bond donors (Lipinski definition) is 1. The first kappa shape index (κ1) is 13.7. The molecule has 0 aromatic heterocycles. The Hall–Kier alpha value is -1.36. The molecule has 2 unspecified atom stereocenters. The lowest BCUT2D eigenvalue weighted by Gasteiger charge is -2.19. The van der Waals surface area contributed by atoms with Gasteiger partial charge < -0.3 is 14.6 Å². The maximum atomic E-state index is 11.4. The SMILES string of the molecule is CC(C)(C)OC(=O)CC(=O)OC1C=CC(O)C1. The van der Waals surface area contributed by atoms with Crippen LogP contribution >= 0.6 is 0 Å². The fraction of sp³-hybridized carbons (Fsp3) is 0.667. The molecular weight excluding hydrogens is 224 g/mol. The van der Waals surface area contributed by atoms with E-state index < -0.39 is 36.2 Å². The summed E-state index contributed by atoms with van der Waals surface area (Å²) in [4.78, 5) is 22.7. The molecule has 5 heteroatoms. The van der Waals surface area contributed by atoms with Crippen LogP contribution < -0.4 is 0 Å². The predicted octanol–water partition coefficient (Wildman–Crippen LogP) is 0.951. The van der Waals surface area contributed by atoms with Crippen LogP contribution in [0.15, 0.2) is 12.2 Å². The average Bonchev–Trinajstić information content (AvgIpc) is 2.46. The van der Waals surface area contributed by atoms with Gasteiger partial charge in [-0.2, -0.15) is 0 Å². The van der Waals surface area contributed by atoms with Gasteiger partial charge in [-0.25, -0.2) is 0 Å². The molecule has 0 aromatic rings. The van der Waals surface area contributed by atoms with Gasteiger partial charge in [-0.15, -0.1) is 0 Å². The van der Waals surface area contributed by atoms with Crippen molar-refractivity contribution in [1.82, 2.24) is 0 Å². The third-order valence-electron chi connectivity index (χ3n) is 2.01. The molecule has 0 aliphatic heterocycles. The fourth-order valence-corrected chi connectivity index (χ4v) is 1.44. The van der Waals surface area contributed by atoms with E-state index in [2.05, 4.69) is 0 Å². The lowest BCUT2D eigenvalue weighted by molar-refractivity contribution is -0.162. The van der Waals surface area contributed by atoms with Crippen molar-refractivity contribution in [3.05, 3.63) is 12.2 Å². The number of hydrogen-bond acceptors (Lipinski definition) is 5. The summed E-state index contributed by atoms with van der Waals surface area (Å²) in [5.74, 6) is -1.24. The second-order valence-corrected chi connectivity index (χ2v) is 4.98. The van der Waals surface area contributed by atoms with Gasteiger partial charge in [-0.1, -0.05) is 6.08 Å². The zero-order valence-corrected chi connectivity index (χ0v) is 10.3. The monoisotopic (exact) mass is 242 g/mol. The van der Waals surface area contributed by atoms with Gasteiger partial charge in [-0.3, -0.25) is 9.59 Å². The fourth-order valence-electron chi connectivity index (χ4n) is 1.44. The summed E-state index contributed by atoms with van der Waals surface area (Å²) in [5, 5.41) is 9.18. The molecule has 0 saturated heterocycles. The van der Waals surface area contributed by atoms with E-state index in [1.165, 1.54) is 0 Å². The third-order valence-corrected chi connectivity index (χ3v) is 2.01. The number of carbonyl (C=O) groups excluding carboxylic acids is 2. The molecule has 0 saturated carbocycles. The number of aliphatic hydroxyl groups excluding tert-OH is 1. The summed E-state index contributed by atoms with van der Waals surface area (Å²) in [6, 6.07) is 0. The number of aliphatic hydroxyl groups is 1. The Labute approximate surface area is 100 Å². The standard InChI is InChI=1S/C12H18O5/c1-12(2,3)17-11(15)7-10(14)16-9-5-4-8(13)6-9/h4-5,8-9,13H,6-7H2,1-3H3. The molecule has 1 aliphatic carbocycles. The van der Waals surface area contributed by atoms with E-state index >= 15 is 0 Å². The number of carbonyl (C=O) groups is 2. The maximum absolute atomic E-state index is 11.4. The molecule has 1 aliphatic rings. The second-order valence-electron chi connectivity index (χ2n) is 4.98. The summed E-state index contributed by atoms with van der Waals surface area (Å²) in [6.45, 7) is 5.19. The van der Waals surface area contributed by atoms with E-state index in [0.717, 1.165) is 0 Å². The van der Waals surface area contributed by atoms with E-state index in [1.807, 2.05) is 0 Å². The van der Waals surface area contributed by atoms with Crippen molar-refractivity contribution >= 4 is 11.9 Å². The first-order valence-electron chi connectivity index (χ1n) is 5.54. The van der Waals surface area contributed by atoms with Crippen molar-refractivity contribution in [2.24, 2.45) is 0 Å². The van der Waals surface area contributed by atoms with Gasteiger partial charge in [0.25, 0.3) is 0 Å². The first-order valence-corrected chi connectivity index (χ1v) is 5.54. The highest BCUT2D eigenvalue weighted by atomic mass is 16.6. The number of rotatable bonds is 3. The number of esters is 2. The molecule has 0 heterocycles. The van der Waals surface area contributed by atoms with E-state index in [0.29, 0.717) is 6.42 Å². The molecule has 0 fully saturated rings. The molecule has 17 heavy (non-hydrogen) atoms. The van der Waals surface area contributed by atoms with Crippen LogP contribution in [0.2, 0.25) is 0 Å². The van der Waals surface area contributed by atoms with Crippen molar-refractivity contribution in [1.29, 1.82) is 0 Å². The molecule has 1 rings (SSSR count). The Morgan fingerprint density at radius 2 is 1.94 bits per heavy atom. The molecule has 0 bridgehead atoms. The van der Waals surface area contributed by atoms with E-state index in [4.69, 9.17) is 9.47 Å². The van der Waals surface area contributed by atoms with Crippen LogP contribution in [0, 0.1) is 0 Å². The summed E-state index contributed by atoms with van der Waals surface area (Å²) < 4.78 is 9.97. The van der Waals surface area contributed by atoms with Crippen LogP contribution in [0.4, 0.5) is 0 Å². The normalized spacial score (nSPS) is 23.5. The topological polar surface area (TPSA) is 72.8 Å². The van der Waals surface area contributed by atoms with E-state index in [-0.39, 0.29) is 0 Å². The summed E-state index contributed by atoms with van der Waals surface area (Å²) >= 11 is 0. The predicted molar refractivity (Wildman–Crippen MR) is 60.1 cm³/mol. The Balaban J connectivity index is 2.30. The highest BCUT2D eigenvalue weighted by Gasteiger charge is 2.24. The van der Waals surface area contributed by atoms with Crippen molar-refractivity contribution in [3.8, 4) is 0 Å². The molecule has 2 atom stereocenters. The van der Waals surface area contributed by atoms with Gasteiger partial charge >= 0.3 is 11.9 Å². The van der Waals surface area contributed by atoms with Crippen LogP contribution in [0.1, 0.15) is 33.6 Å². The second kappa shape index (κ2) is 5.31. The molecule has 1 N–H and O–H groups in total. The highest BCUT2D eigenvalue weighted by Crippen LogP contribution is 2.15. The van der Waals surface area contributed by atoms with Crippen molar-refractivity contribution in [2.45, 2.75) is 51.4 Å². The highest BCUT2D eigenvalue weighted by molar-refractivity contribution is 5.91. The van der Waals surface area contributed by atoms with E-state index in [9.17, 15) is 14.7 Å². The smallest absolute Gasteiger partial charge is 0.317 e. The van der Waals surface area contributed by atoms with Crippen LogP contribution in [-0.4, -0.2) is 34.9 Å². The van der Waals surface area contributed by atoms with Crippen LogP contribution in [-0.2, 0) is 19.1 Å². The molecule has 0 spiro atoms. The van der Waals surface area contributed by atoms with Gasteiger partial charge in [0, 0.05) is 6.42 Å². The zero-order chi connectivity index (χ0) is 13.1. The molecule has 0 radical (unpaired) electrons. The maximum Gasteiger partial charge on any atom is 0.317 e. The van der Waals surface area contributed by atoms with Gasteiger partial charge in [-0.05, 0) is 26.8 Å². The molecule has 0 amide bonds. The Bertz CT molecular complexity index is 326. The minimum absolute atomic E-state index is 0.347. The van der Waals surface area contributed by atoms with Crippen LogP contribution in [0.25, 0.3) is 0 Å². The van der Waals surface area contributed by atoms with Crippen LogP contribution in [0.5, 0.6) is 0 Å². The quantitative estimate of drug-likeness (QED) is 0.453. The summed E-state index contributed by atoms with van der Waals surface area (Å²) in [5.41, 5.74) is -0.610.